The van der Waals surface area contributed by atoms with E-state index in [9.17, 15) is 4.79 Å². The van der Waals surface area contributed by atoms with Crippen LogP contribution in [0, 0.1) is 13.8 Å². The number of fused-ring (bicyclic) bond motifs is 1. The number of nitrogens with zero attached hydrogens (tertiary/aromatic N) is 4. The third kappa shape index (κ3) is 2.86. The van der Waals surface area contributed by atoms with Crippen molar-refractivity contribution in [1.82, 2.24) is 19.7 Å². The van der Waals surface area contributed by atoms with Crippen LogP contribution in [0.4, 0.5) is 5.69 Å². The van der Waals surface area contributed by atoms with Crippen molar-refractivity contribution < 1.29 is 4.79 Å². The number of rotatable bonds is 3. The number of anilines is 1. The largest absolute Gasteiger partial charge is 0.320 e. The maximum atomic E-state index is 12.9. The highest BCUT2D eigenvalue weighted by Crippen LogP contribution is 2.29. The number of aromatic nitrogens is 4. The predicted octanol–water partition coefficient (Wildman–Crippen LogP) is 3.96. The second-order valence-electron chi connectivity index (χ2n) is 6.03. The van der Waals surface area contributed by atoms with Gasteiger partial charge in [0.05, 0.1) is 28.3 Å². The fourth-order valence-electron chi connectivity index (χ4n) is 2.94. The van der Waals surface area contributed by atoms with Crippen molar-refractivity contribution >= 4 is 34.0 Å². The average molecular weight is 363 g/mol. The summed E-state index contributed by atoms with van der Waals surface area (Å²) in [6.45, 7) is 3.83. The minimum atomic E-state index is -0.183. The van der Waals surface area contributed by atoms with E-state index in [4.69, 9.17) is 0 Å². The molecule has 0 aliphatic rings. The molecule has 1 amide bonds. The molecule has 0 spiro atoms. The summed E-state index contributed by atoms with van der Waals surface area (Å²) in [7, 11) is 1.85. The van der Waals surface area contributed by atoms with E-state index in [-0.39, 0.29) is 5.91 Å². The van der Waals surface area contributed by atoms with E-state index in [1.54, 1.807) is 10.9 Å². The first-order chi connectivity index (χ1) is 12.5. The SMILES string of the molecule is Cc1nc(-c2ccccc2)c(C(=O)Nc2cnc3c(c2)c(C)nn3C)s1. The second-order valence-corrected chi connectivity index (χ2v) is 7.24. The standard InChI is InChI=1S/C19H17N5OS/c1-11-15-9-14(10-20-18(15)24(3)23-11)22-19(25)17-16(21-12(2)26-17)13-7-5-4-6-8-13/h4-10H,1-3H3,(H,22,25). The maximum absolute atomic E-state index is 12.9. The summed E-state index contributed by atoms with van der Waals surface area (Å²) in [5.74, 6) is -0.183. The molecule has 0 aliphatic heterocycles. The summed E-state index contributed by atoms with van der Waals surface area (Å²) in [6.07, 6.45) is 1.65. The molecule has 0 fully saturated rings. The van der Waals surface area contributed by atoms with Gasteiger partial charge in [0.15, 0.2) is 5.65 Å². The van der Waals surface area contributed by atoms with Crippen molar-refractivity contribution in [3.63, 3.8) is 0 Å². The van der Waals surface area contributed by atoms with Crippen molar-refractivity contribution in [3.05, 3.63) is 58.2 Å². The highest BCUT2D eigenvalue weighted by Gasteiger charge is 2.19. The fraction of sp³-hybridized carbons (Fsp3) is 0.158. The number of pyridine rings is 1. The van der Waals surface area contributed by atoms with Gasteiger partial charge < -0.3 is 5.32 Å². The van der Waals surface area contributed by atoms with Crippen LogP contribution in [0.15, 0.2) is 42.6 Å². The molecular formula is C19H17N5OS. The topological polar surface area (TPSA) is 72.7 Å². The van der Waals surface area contributed by atoms with E-state index >= 15 is 0 Å². The molecule has 26 heavy (non-hydrogen) atoms. The van der Waals surface area contributed by atoms with E-state index < -0.39 is 0 Å². The molecule has 0 saturated carbocycles. The van der Waals surface area contributed by atoms with Gasteiger partial charge in [0.1, 0.15) is 4.88 Å². The van der Waals surface area contributed by atoms with Crippen LogP contribution >= 0.6 is 11.3 Å². The Balaban J connectivity index is 1.68. The van der Waals surface area contributed by atoms with Crippen LogP contribution in [0.25, 0.3) is 22.3 Å². The van der Waals surface area contributed by atoms with Crippen LogP contribution in [0.3, 0.4) is 0 Å². The zero-order chi connectivity index (χ0) is 18.3. The average Bonchev–Trinajstić information content (AvgIpc) is 3.16. The molecule has 1 aromatic carbocycles. The summed E-state index contributed by atoms with van der Waals surface area (Å²) in [6, 6.07) is 11.6. The zero-order valence-electron chi connectivity index (χ0n) is 14.6. The highest BCUT2D eigenvalue weighted by molar-refractivity contribution is 7.14. The first-order valence-corrected chi connectivity index (χ1v) is 8.98. The summed E-state index contributed by atoms with van der Waals surface area (Å²) in [5.41, 5.74) is 3.95. The van der Waals surface area contributed by atoms with Gasteiger partial charge in [-0.3, -0.25) is 9.48 Å². The van der Waals surface area contributed by atoms with Gasteiger partial charge in [0.2, 0.25) is 0 Å². The monoisotopic (exact) mass is 363 g/mol. The molecular weight excluding hydrogens is 346 g/mol. The van der Waals surface area contributed by atoms with Gasteiger partial charge in [-0.05, 0) is 19.9 Å². The molecule has 4 rings (SSSR count). The molecule has 0 atom stereocenters. The lowest BCUT2D eigenvalue weighted by Crippen LogP contribution is -2.11. The zero-order valence-corrected chi connectivity index (χ0v) is 15.5. The number of thiazole rings is 1. The molecule has 0 aliphatic carbocycles. The molecule has 3 aromatic heterocycles. The van der Waals surface area contributed by atoms with E-state index in [0.29, 0.717) is 16.3 Å². The van der Waals surface area contributed by atoms with Crippen LogP contribution < -0.4 is 5.32 Å². The van der Waals surface area contributed by atoms with E-state index in [1.807, 2.05) is 57.3 Å². The first kappa shape index (κ1) is 16.4. The van der Waals surface area contributed by atoms with Gasteiger partial charge in [-0.15, -0.1) is 11.3 Å². The molecule has 130 valence electrons. The Morgan fingerprint density at radius 2 is 1.96 bits per heavy atom. The van der Waals surface area contributed by atoms with E-state index in [2.05, 4.69) is 20.4 Å². The number of benzene rings is 1. The van der Waals surface area contributed by atoms with Crippen molar-refractivity contribution in [3.8, 4) is 11.3 Å². The number of carbonyl (C=O) groups excluding carboxylic acids is 1. The lowest BCUT2D eigenvalue weighted by atomic mass is 10.1. The number of hydrogen-bond donors (Lipinski definition) is 1. The maximum Gasteiger partial charge on any atom is 0.268 e. The van der Waals surface area contributed by atoms with Crippen molar-refractivity contribution in [2.75, 3.05) is 5.32 Å². The summed E-state index contributed by atoms with van der Waals surface area (Å²) < 4.78 is 1.73. The Morgan fingerprint density at radius 1 is 1.19 bits per heavy atom. The molecule has 6 nitrogen and oxygen atoms in total. The van der Waals surface area contributed by atoms with Crippen LogP contribution in [-0.2, 0) is 7.05 Å². The fourth-order valence-corrected chi connectivity index (χ4v) is 3.77. The molecule has 0 unspecified atom stereocenters. The minimum absolute atomic E-state index is 0.183. The normalized spacial score (nSPS) is 11.0. The van der Waals surface area contributed by atoms with Gasteiger partial charge in [0, 0.05) is 18.0 Å². The highest BCUT2D eigenvalue weighted by atomic mass is 32.1. The lowest BCUT2D eigenvalue weighted by molar-refractivity contribution is 0.103. The Morgan fingerprint density at radius 3 is 2.73 bits per heavy atom. The molecule has 3 heterocycles. The number of amides is 1. The molecule has 4 aromatic rings. The molecule has 0 bridgehead atoms. The van der Waals surface area contributed by atoms with E-state index in [0.717, 1.165) is 27.3 Å². The number of hydrogen-bond acceptors (Lipinski definition) is 5. The van der Waals surface area contributed by atoms with Crippen LogP contribution in [0.5, 0.6) is 0 Å². The predicted molar refractivity (Wildman–Crippen MR) is 103 cm³/mol. The van der Waals surface area contributed by atoms with Crippen LogP contribution in [0.2, 0.25) is 0 Å². The Bertz CT molecular complexity index is 1110. The van der Waals surface area contributed by atoms with Crippen LogP contribution in [0.1, 0.15) is 20.4 Å². The number of carbonyl (C=O) groups is 1. The Hall–Kier alpha value is -3.06. The third-order valence-electron chi connectivity index (χ3n) is 4.11. The van der Waals surface area contributed by atoms with Gasteiger partial charge >= 0.3 is 0 Å². The van der Waals surface area contributed by atoms with Crippen molar-refractivity contribution in [2.24, 2.45) is 7.05 Å². The van der Waals surface area contributed by atoms with Crippen LogP contribution in [-0.4, -0.2) is 25.7 Å². The van der Waals surface area contributed by atoms with Crippen molar-refractivity contribution in [1.29, 1.82) is 0 Å². The van der Waals surface area contributed by atoms with E-state index in [1.165, 1.54) is 11.3 Å². The molecule has 0 saturated heterocycles. The summed E-state index contributed by atoms with van der Waals surface area (Å²) in [5, 5.41) is 9.08. The Kier molecular flexibility index (Phi) is 4.00. The van der Waals surface area contributed by atoms with Crippen molar-refractivity contribution in [2.45, 2.75) is 13.8 Å². The summed E-state index contributed by atoms with van der Waals surface area (Å²) >= 11 is 1.39. The quantitative estimate of drug-likeness (QED) is 0.598. The lowest BCUT2D eigenvalue weighted by Gasteiger charge is -2.06. The first-order valence-electron chi connectivity index (χ1n) is 8.16. The molecule has 7 heteroatoms. The van der Waals surface area contributed by atoms with Gasteiger partial charge in [-0.1, -0.05) is 30.3 Å². The van der Waals surface area contributed by atoms with Gasteiger partial charge in [-0.2, -0.15) is 5.10 Å². The third-order valence-corrected chi connectivity index (χ3v) is 5.08. The number of nitrogens with one attached hydrogen (secondary N) is 1. The second kappa shape index (κ2) is 6.34. The molecule has 1 N–H and O–H groups in total. The van der Waals surface area contributed by atoms with Gasteiger partial charge in [0.25, 0.3) is 5.91 Å². The number of aryl methyl sites for hydroxylation is 3. The minimum Gasteiger partial charge on any atom is -0.320 e. The van der Waals surface area contributed by atoms with Gasteiger partial charge in [-0.25, -0.2) is 9.97 Å². The Labute approximate surface area is 154 Å². The molecule has 0 radical (unpaired) electrons. The summed E-state index contributed by atoms with van der Waals surface area (Å²) in [4.78, 5) is 22.4. The smallest absolute Gasteiger partial charge is 0.268 e.